The Kier molecular flexibility index (Phi) is 4.46. The molecule has 106 valence electrons. The first-order valence-electron chi connectivity index (χ1n) is 4.85. The van der Waals surface area contributed by atoms with Crippen LogP contribution in [0.15, 0.2) is 24.3 Å². The zero-order valence-electron chi connectivity index (χ0n) is 9.61. The van der Waals surface area contributed by atoms with Crippen molar-refractivity contribution in [2.45, 2.75) is 6.18 Å². The van der Waals surface area contributed by atoms with Crippen LogP contribution in [0.5, 0.6) is 0 Å². The average molecular weight is 316 g/mol. The van der Waals surface area contributed by atoms with Crippen molar-refractivity contribution in [1.82, 2.24) is 0 Å². The van der Waals surface area contributed by atoms with Gasteiger partial charge in [-0.15, -0.1) is 0 Å². The molecule has 0 bridgehead atoms. The summed E-state index contributed by atoms with van der Waals surface area (Å²) in [6.07, 6.45) is -3.84. The summed E-state index contributed by atoms with van der Waals surface area (Å²) in [4.78, 5) is 10.8. The van der Waals surface area contributed by atoms with Gasteiger partial charge in [0.15, 0.2) is 0 Å². The van der Waals surface area contributed by atoms with E-state index in [1.165, 1.54) is 0 Å². The predicted octanol–water partition coefficient (Wildman–Crippen LogP) is 2.24. The molecular formula is C10H9ClF3NO3S. The van der Waals surface area contributed by atoms with E-state index >= 15 is 0 Å². The van der Waals surface area contributed by atoms with E-state index in [2.05, 4.69) is 0 Å². The third kappa shape index (κ3) is 4.39. The Bertz CT molecular complexity index is 586. The molecule has 0 spiro atoms. The maximum Gasteiger partial charge on any atom is 0.416 e. The topological polar surface area (TPSA) is 54.5 Å². The molecule has 0 aliphatic carbocycles. The largest absolute Gasteiger partial charge is 0.416 e. The number of halogens is 4. The lowest BCUT2D eigenvalue weighted by Crippen LogP contribution is -2.33. The first-order chi connectivity index (χ1) is 8.51. The second kappa shape index (κ2) is 5.38. The van der Waals surface area contributed by atoms with Crippen LogP contribution in [0.4, 0.5) is 18.9 Å². The third-order valence-electron chi connectivity index (χ3n) is 2.13. The zero-order chi connectivity index (χ0) is 14.8. The number of hydrogen-bond acceptors (Lipinski definition) is 3. The van der Waals surface area contributed by atoms with Crippen LogP contribution in [0.3, 0.4) is 0 Å². The Balaban J connectivity index is 3.28. The van der Waals surface area contributed by atoms with Crippen LogP contribution in [0.1, 0.15) is 5.56 Å². The Morgan fingerprint density at radius 3 is 2.37 bits per heavy atom. The molecule has 0 amide bonds. The van der Waals surface area contributed by atoms with E-state index in [0.717, 1.165) is 24.5 Å². The van der Waals surface area contributed by atoms with Crippen molar-refractivity contribution in [2.24, 2.45) is 0 Å². The summed E-state index contributed by atoms with van der Waals surface area (Å²) in [5, 5.41) is -0.997. The summed E-state index contributed by atoms with van der Waals surface area (Å²) in [7, 11) is -3.91. The fourth-order valence-electron chi connectivity index (χ4n) is 1.35. The number of alkyl halides is 3. The standard InChI is InChI=1S/C10H9ClF3NO3S/c1-19(17,18)15(6-9(11)16)8-4-2-3-7(5-8)10(12,13)14/h2-5H,6H2,1H3. The molecule has 1 aromatic rings. The monoisotopic (exact) mass is 315 g/mol. The van der Waals surface area contributed by atoms with Gasteiger partial charge in [-0.1, -0.05) is 6.07 Å². The number of hydrogen-bond donors (Lipinski definition) is 0. The molecule has 1 aromatic carbocycles. The van der Waals surface area contributed by atoms with Gasteiger partial charge in [-0.05, 0) is 29.8 Å². The van der Waals surface area contributed by atoms with Crippen LogP contribution in [0, 0.1) is 0 Å². The minimum Gasteiger partial charge on any atom is -0.279 e. The van der Waals surface area contributed by atoms with E-state index in [9.17, 15) is 26.4 Å². The molecule has 1 rings (SSSR count). The molecule has 4 nitrogen and oxygen atoms in total. The lowest BCUT2D eigenvalue weighted by Gasteiger charge is -2.21. The highest BCUT2D eigenvalue weighted by molar-refractivity contribution is 7.92. The first kappa shape index (κ1) is 15.8. The molecule has 19 heavy (non-hydrogen) atoms. The number of anilines is 1. The quantitative estimate of drug-likeness (QED) is 0.801. The van der Waals surface area contributed by atoms with Gasteiger partial charge in [-0.2, -0.15) is 13.2 Å². The number of rotatable bonds is 4. The average Bonchev–Trinajstić information content (AvgIpc) is 2.23. The summed E-state index contributed by atoms with van der Waals surface area (Å²) in [5.74, 6) is 0. The number of nitrogens with zero attached hydrogens (tertiary/aromatic N) is 1. The van der Waals surface area contributed by atoms with Crippen LogP contribution in [-0.2, 0) is 21.0 Å². The van der Waals surface area contributed by atoms with Crippen molar-refractivity contribution < 1.29 is 26.4 Å². The van der Waals surface area contributed by atoms with Crippen molar-refractivity contribution >= 4 is 32.6 Å². The summed E-state index contributed by atoms with van der Waals surface area (Å²) in [6, 6.07) is 3.64. The number of carbonyl (C=O) groups excluding carboxylic acids is 1. The molecule has 0 unspecified atom stereocenters. The smallest absolute Gasteiger partial charge is 0.279 e. The minimum absolute atomic E-state index is 0.272. The SMILES string of the molecule is CS(=O)(=O)N(CC(=O)Cl)c1cccc(C(F)(F)F)c1. The van der Waals surface area contributed by atoms with E-state index < -0.39 is 33.6 Å². The highest BCUT2D eigenvalue weighted by atomic mass is 35.5. The van der Waals surface area contributed by atoms with Gasteiger partial charge >= 0.3 is 6.18 Å². The Morgan fingerprint density at radius 1 is 1.37 bits per heavy atom. The minimum atomic E-state index is -4.61. The lowest BCUT2D eigenvalue weighted by molar-refractivity contribution is -0.137. The van der Waals surface area contributed by atoms with E-state index in [1.807, 2.05) is 0 Å². The summed E-state index contributed by atoms with van der Waals surface area (Å²) in [5.41, 5.74) is -1.29. The third-order valence-corrected chi connectivity index (χ3v) is 3.39. The van der Waals surface area contributed by atoms with Gasteiger partial charge in [0, 0.05) is 0 Å². The van der Waals surface area contributed by atoms with Gasteiger partial charge in [0.05, 0.1) is 17.5 Å². The molecule has 0 aliphatic heterocycles. The van der Waals surface area contributed by atoms with E-state index in [0.29, 0.717) is 10.4 Å². The summed E-state index contributed by atoms with van der Waals surface area (Å²) in [6.45, 7) is -0.734. The van der Waals surface area contributed by atoms with Crippen molar-refractivity contribution in [1.29, 1.82) is 0 Å². The second-order valence-electron chi connectivity index (χ2n) is 3.67. The van der Waals surface area contributed by atoms with Gasteiger partial charge in [-0.25, -0.2) is 8.42 Å². The maximum absolute atomic E-state index is 12.5. The maximum atomic E-state index is 12.5. The molecular weight excluding hydrogens is 307 g/mol. The van der Waals surface area contributed by atoms with Crippen molar-refractivity contribution in [2.75, 3.05) is 17.1 Å². The second-order valence-corrected chi connectivity index (χ2v) is 6.00. The lowest BCUT2D eigenvalue weighted by atomic mass is 10.2. The van der Waals surface area contributed by atoms with Crippen molar-refractivity contribution in [3.05, 3.63) is 29.8 Å². The van der Waals surface area contributed by atoms with Crippen LogP contribution < -0.4 is 4.31 Å². The molecule has 9 heteroatoms. The van der Waals surface area contributed by atoms with Gasteiger partial charge < -0.3 is 0 Å². The number of benzene rings is 1. The molecule has 0 aliphatic rings. The zero-order valence-corrected chi connectivity index (χ0v) is 11.2. The molecule has 0 atom stereocenters. The van der Waals surface area contributed by atoms with Crippen molar-refractivity contribution in [3.8, 4) is 0 Å². The highest BCUT2D eigenvalue weighted by Gasteiger charge is 2.31. The summed E-state index contributed by atoms with van der Waals surface area (Å²) < 4.78 is 61.0. The van der Waals surface area contributed by atoms with E-state index in [1.54, 1.807) is 0 Å². The van der Waals surface area contributed by atoms with Gasteiger partial charge in [0.1, 0.15) is 6.54 Å². The Morgan fingerprint density at radius 2 is 1.95 bits per heavy atom. The van der Waals surface area contributed by atoms with Crippen LogP contribution >= 0.6 is 11.6 Å². The molecule has 0 fully saturated rings. The Labute approximate surface area is 112 Å². The molecule has 0 radical (unpaired) electrons. The Hall–Kier alpha value is -1.28. The highest BCUT2D eigenvalue weighted by Crippen LogP contribution is 2.32. The predicted molar refractivity (Wildman–Crippen MR) is 64.5 cm³/mol. The summed E-state index contributed by atoms with van der Waals surface area (Å²) >= 11 is 5.09. The van der Waals surface area contributed by atoms with Crippen LogP contribution in [-0.4, -0.2) is 26.5 Å². The fraction of sp³-hybridized carbons (Fsp3) is 0.300. The number of carbonyl (C=O) groups is 1. The molecule has 0 N–H and O–H groups in total. The van der Waals surface area contributed by atoms with Gasteiger partial charge in [0.2, 0.25) is 15.3 Å². The van der Waals surface area contributed by atoms with Gasteiger partial charge in [0.25, 0.3) is 0 Å². The normalized spacial score (nSPS) is 12.3. The molecule has 0 saturated heterocycles. The number of sulfonamides is 1. The molecule has 0 saturated carbocycles. The van der Waals surface area contributed by atoms with Crippen LogP contribution in [0.25, 0.3) is 0 Å². The molecule has 0 heterocycles. The van der Waals surface area contributed by atoms with Crippen LogP contribution in [0.2, 0.25) is 0 Å². The fourth-order valence-corrected chi connectivity index (χ4v) is 2.39. The van der Waals surface area contributed by atoms with E-state index in [4.69, 9.17) is 11.6 Å². The van der Waals surface area contributed by atoms with E-state index in [-0.39, 0.29) is 5.69 Å². The van der Waals surface area contributed by atoms with Crippen molar-refractivity contribution in [3.63, 3.8) is 0 Å². The first-order valence-corrected chi connectivity index (χ1v) is 7.08. The molecule has 0 aromatic heterocycles. The van der Waals surface area contributed by atoms with Gasteiger partial charge in [-0.3, -0.25) is 9.10 Å².